The van der Waals surface area contributed by atoms with Crippen LogP contribution in [0.4, 0.5) is 0 Å². The van der Waals surface area contributed by atoms with E-state index < -0.39 is 5.91 Å². The van der Waals surface area contributed by atoms with Crippen LogP contribution in [0.15, 0.2) is 4.99 Å². The summed E-state index contributed by atoms with van der Waals surface area (Å²) in [7, 11) is 0. The van der Waals surface area contributed by atoms with Crippen molar-refractivity contribution in [1.82, 2.24) is 9.59 Å². The van der Waals surface area contributed by atoms with Crippen LogP contribution in [-0.2, 0) is 0 Å². The Morgan fingerprint density at radius 2 is 2.55 bits per heavy atom. The van der Waals surface area contributed by atoms with Crippen molar-refractivity contribution in [2.24, 2.45) is 4.99 Å². The maximum absolute atomic E-state index is 11.0. The van der Waals surface area contributed by atoms with Crippen molar-refractivity contribution in [2.45, 2.75) is 6.92 Å². The molecule has 56 valence electrons. The normalized spacial score (nSPS) is 8.82. The number of nitrogens with zero attached hydrogens (tertiary/aromatic N) is 3. The SMILES string of the molecule is Cc1nnsc1C(=O)N=C=S. The van der Waals surface area contributed by atoms with Crippen LogP contribution in [0.3, 0.4) is 0 Å². The maximum Gasteiger partial charge on any atom is 0.299 e. The van der Waals surface area contributed by atoms with Crippen molar-refractivity contribution in [1.29, 1.82) is 0 Å². The highest BCUT2D eigenvalue weighted by Gasteiger charge is 2.10. The van der Waals surface area contributed by atoms with Gasteiger partial charge in [0.2, 0.25) is 0 Å². The molecule has 0 aromatic carbocycles. The molecular weight excluding hydrogens is 182 g/mol. The van der Waals surface area contributed by atoms with Crippen LogP contribution in [0, 0.1) is 6.92 Å². The summed E-state index contributed by atoms with van der Waals surface area (Å²) in [6, 6.07) is 0. The van der Waals surface area contributed by atoms with E-state index >= 15 is 0 Å². The number of carbonyl (C=O) groups is 1. The molecule has 0 spiro atoms. The van der Waals surface area contributed by atoms with Crippen LogP contribution < -0.4 is 0 Å². The second-order valence-corrected chi connectivity index (χ2v) is 2.63. The molecule has 1 aromatic rings. The number of aromatic nitrogens is 2. The van der Waals surface area contributed by atoms with Gasteiger partial charge in [0.1, 0.15) is 4.88 Å². The first kappa shape index (κ1) is 8.13. The fraction of sp³-hybridized carbons (Fsp3) is 0.200. The van der Waals surface area contributed by atoms with Gasteiger partial charge in [-0.3, -0.25) is 4.79 Å². The summed E-state index contributed by atoms with van der Waals surface area (Å²) >= 11 is 5.28. The van der Waals surface area contributed by atoms with Gasteiger partial charge in [-0.25, -0.2) is 0 Å². The number of aliphatic imine (C=N–C) groups is 1. The number of thiocarbonyl (C=S) groups is 1. The molecule has 6 heteroatoms. The highest BCUT2D eigenvalue weighted by molar-refractivity contribution is 7.78. The van der Waals surface area contributed by atoms with Gasteiger partial charge >= 0.3 is 0 Å². The van der Waals surface area contributed by atoms with E-state index in [0.29, 0.717) is 10.6 Å². The maximum atomic E-state index is 11.0. The Morgan fingerprint density at radius 3 is 3.00 bits per heavy atom. The molecule has 0 aliphatic rings. The largest absolute Gasteiger partial charge is 0.299 e. The third-order valence-corrected chi connectivity index (χ3v) is 1.90. The lowest BCUT2D eigenvalue weighted by Crippen LogP contribution is -1.92. The smallest absolute Gasteiger partial charge is 0.265 e. The zero-order valence-corrected chi connectivity index (χ0v) is 7.20. The lowest BCUT2D eigenvalue weighted by atomic mass is 10.4. The Balaban J connectivity index is 3.02. The highest BCUT2D eigenvalue weighted by Crippen LogP contribution is 2.09. The lowest BCUT2D eigenvalue weighted by molar-refractivity contribution is 0.101. The van der Waals surface area contributed by atoms with E-state index in [1.54, 1.807) is 6.92 Å². The molecule has 0 saturated heterocycles. The Bertz CT molecular complexity index is 326. The average molecular weight is 185 g/mol. The standard InChI is InChI=1S/C5H3N3OS2/c1-3-4(11-8-7-3)5(9)6-2-10/h1H3. The molecule has 0 aliphatic heterocycles. The van der Waals surface area contributed by atoms with Crippen LogP contribution in [0.1, 0.15) is 15.4 Å². The average Bonchev–Trinajstić information content (AvgIpc) is 2.36. The molecule has 0 radical (unpaired) electrons. The number of isothiocyanates is 1. The summed E-state index contributed by atoms with van der Waals surface area (Å²) in [5.41, 5.74) is 0.578. The minimum absolute atomic E-state index is 0.419. The Hall–Kier alpha value is -0.970. The van der Waals surface area contributed by atoms with Crippen molar-refractivity contribution in [2.75, 3.05) is 0 Å². The molecule has 0 atom stereocenters. The van der Waals surface area contributed by atoms with Gasteiger partial charge in [0.15, 0.2) is 0 Å². The summed E-state index contributed by atoms with van der Waals surface area (Å²) in [4.78, 5) is 14.7. The molecule has 4 nitrogen and oxygen atoms in total. The predicted octanol–water partition coefficient (Wildman–Crippen LogP) is 1.09. The number of aryl methyl sites for hydroxylation is 1. The molecule has 1 aromatic heterocycles. The van der Waals surface area contributed by atoms with E-state index in [1.807, 2.05) is 5.16 Å². The number of hydrogen-bond acceptors (Lipinski definition) is 5. The van der Waals surface area contributed by atoms with Gasteiger partial charge in [-0.1, -0.05) is 4.49 Å². The summed E-state index contributed by atoms with van der Waals surface area (Å²) in [6.45, 7) is 1.69. The van der Waals surface area contributed by atoms with E-state index in [0.717, 1.165) is 11.5 Å². The van der Waals surface area contributed by atoms with Crippen LogP contribution in [0.2, 0.25) is 0 Å². The van der Waals surface area contributed by atoms with Crippen molar-refractivity contribution < 1.29 is 4.79 Å². The third kappa shape index (κ3) is 1.74. The molecule has 0 saturated carbocycles. The van der Waals surface area contributed by atoms with Gasteiger partial charge in [-0.05, 0) is 30.7 Å². The Labute approximate surface area is 72.1 Å². The number of rotatable bonds is 1. The van der Waals surface area contributed by atoms with Crippen molar-refractivity contribution in [3.8, 4) is 0 Å². The molecule has 0 bridgehead atoms. The molecule has 11 heavy (non-hydrogen) atoms. The number of carbonyl (C=O) groups excluding carboxylic acids is 1. The fourth-order valence-electron chi connectivity index (χ4n) is 0.520. The van der Waals surface area contributed by atoms with Gasteiger partial charge in [0, 0.05) is 0 Å². The van der Waals surface area contributed by atoms with Gasteiger partial charge in [-0.2, -0.15) is 4.99 Å². The first-order valence-corrected chi connectivity index (χ1v) is 3.85. The molecule has 1 heterocycles. The molecule has 0 unspecified atom stereocenters. The van der Waals surface area contributed by atoms with Crippen LogP contribution in [0.5, 0.6) is 0 Å². The number of hydrogen-bond donors (Lipinski definition) is 0. The zero-order valence-electron chi connectivity index (χ0n) is 5.57. The summed E-state index contributed by atoms with van der Waals surface area (Å²) in [5.74, 6) is -0.424. The second kappa shape index (κ2) is 3.43. The van der Waals surface area contributed by atoms with Gasteiger partial charge < -0.3 is 0 Å². The molecule has 0 N–H and O–H groups in total. The second-order valence-electron chi connectivity index (χ2n) is 1.70. The van der Waals surface area contributed by atoms with E-state index in [4.69, 9.17) is 0 Å². The van der Waals surface area contributed by atoms with E-state index in [1.165, 1.54) is 0 Å². The van der Waals surface area contributed by atoms with E-state index in [9.17, 15) is 4.79 Å². The third-order valence-electron chi connectivity index (χ3n) is 0.993. The minimum Gasteiger partial charge on any atom is -0.265 e. The Morgan fingerprint density at radius 1 is 1.82 bits per heavy atom. The van der Waals surface area contributed by atoms with E-state index in [-0.39, 0.29) is 0 Å². The summed E-state index contributed by atoms with van der Waals surface area (Å²) < 4.78 is 3.57. The van der Waals surface area contributed by atoms with Gasteiger partial charge in [-0.15, -0.1) is 5.10 Å². The Kier molecular flexibility index (Phi) is 2.53. The van der Waals surface area contributed by atoms with Crippen molar-refractivity contribution in [3.63, 3.8) is 0 Å². The van der Waals surface area contributed by atoms with Gasteiger partial charge in [0.05, 0.1) is 10.9 Å². The quantitative estimate of drug-likeness (QED) is 0.485. The van der Waals surface area contributed by atoms with Crippen molar-refractivity contribution >= 4 is 34.8 Å². The number of amides is 1. The molecule has 0 fully saturated rings. The predicted molar refractivity (Wildman–Crippen MR) is 44.0 cm³/mol. The molecule has 0 aliphatic carbocycles. The monoisotopic (exact) mass is 185 g/mol. The summed E-state index contributed by atoms with van der Waals surface area (Å²) in [6.07, 6.45) is 0. The molecule has 1 amide bonds. The van der Waals surface area contributed by atoms with Crippen LogP contribution >= 0.6 is 23.8 Å². The fourth-order valence-corrected chi connectivity index (χ4v) is 1.14. The summed E-state index contributed by atoms with van der Waals surface area (Å²) in [5, 5.41) is 5.64. The first-order chi connectivity index (χ1) is 5.25. The topological polar surface area (TPSA) is 55.2 Å². The van der Waals surface area contributed by atoms with Crippen molar-refractivity contribution in [3.05, 3.63) is 10.6 Å². The molecule has 1 rings (SSSR count). The highest BCUT2D eigenvalue weighted by atomic mass is 32.1. The van der Waals surface area contributed by atoms with Crippen LogP contribution in [0.25, 0.3) is 0 Å². The van der Waals surface area contributed by atoms with Crippen LogP contribution in [-0.4, -0.2) is 20.7 Å². The van der Waals surface area contributed by atoms with E-state index in [2.05, 4.69) is 26.8 Å². The first-order valence-electron chi connectivity index (χ1n) is 2.67. The molecular formula is C5H3N3OS2. The lowest BCUT2D eigenvalue weighted by Gasteiger charge is -1.83. The minimum atomic E-state index is -0.424. The van der Waals surface area contributed by atoms with Gasteiger partial charge in [0.25, 0.3) is 5.91 Å². The zero-order chi connectivity index (χ0) is 8.27.